The quantitative estimate of drug-likeness (QED) is 0.603. The summed E-state index contributed by atoms with van der Waals surface area (Å²) in [6.07, 6.45) is 1.19. The van der Waals surface area contributed by atoms with Crippen molar-refractivity contribution in [2.45, 2.75) is 32.5 Å². The Hall–Kier alpha value is -1.65. The van der Waals surface area contributed by atoms with E-state index in [0.29, 0.717) is 12.2 Å². The summed E-state index contributed by atoms with van der Waals surface area (Å²) in [5.74, 6) is 0.426. The number of nitrogens with one attached hydrogen (secondary N) is 1. The predicted molar refractivity (Wildman–Crippen MR) is 64.7 cm³/mol. The highest BCUT2D eigenvalue weighted by atomic mass is 19.1. The zero-order valence-corrected chi connectivity index (χ0v) is 10.1. The van der Waals surface area contributed by atoms with E-state index in [-0.39, 0.29) is 5.69 Å². The van der Waals surface area contributed by atoms with Gasteiger partial charge in [0, 0.05) is 6.07 Å². The van der Waals surface area contributed by atoms with Gasteiger partial charge >= 0.3 is 0 Å². The first-order chi connectivity index (χ1) is 8.01. The van der Waals surface area contributed by atoms with Crippen molar-refractivity contribution >= 4 is 5.69 Å². The van der Waals surface area contributed by atoms with Crippen LogP contribution in [0, 0.1) is 0 Å². The van der Waals surface area contributed by atoms with E-state index in [1.165, 1.54) is 14.0 Å². The predicted octanol–water partition coefficient (Wildman–Crippen LogP) is 1.36. The molecule has 0 saturated carbocycles. The summed E-state index contributed by atoms with van der Waals surface area (Å²) < 4.78 is 18.5. The Kier molecular flexibility index (Phi) is 4.43. The van der Waals surface area contributed by atoms with E-state index in [9.17, 15) is 14.0 Å². The summed E-state index contributed by atoms with van der Waals surface area (Å²) in [5, 5.41) is 2.69. The molecular formula is C12H16FNO3. The molecule has 1 unspecified atom stereocenters. The first-order valence-electron chi connectivity index (χ1n) is 5.46. The zero-order valence-electron chi connectivity index (χ0n) is 10.1. The summed E-state index contributed by atoms with van der Waals surface area (Å²) in [4.78, 5) is 21.9. The number of allylic oxidation sites excluding steroid dienone is 1. The number of ether oxygens (including phenoxy) is 1. The number of hydrogen-bond acceptors (Lipinski definition) is 4. The van der Waals surface area contributed by atoms with Crippen LogP contribution < -0.4 is 16.2 Å². The van der Waals surface area contributed by atoms with Crippen molar-refractivity contribution in [3.05, 3.63) is 38.3 Å². The van der Waals surface area contributed by atoms with Gasteiger partial charge in [-0.1, -0.05) is 6.92 Å². The Bertz CT molecular complexity index is 472. The Morgan fingerprint density at radius 1 is 1.59 bits per heavy atom. The van der Waals surface area contributed by atoms with E-state index in [4.69, 9.17) is 4.74 Å². The third-order valence-corrected chi connectivity index (χ3v) is 2.46. The van der Waals surface area contributed by atoms with Gasteiger partial charge in [-0.25, -0.2) is 4.39 Å². The maximum Gasteiger partial charge on any atom is 0.248 e. The van der Waals surface area contributed by atoms with E-state index in [2.05, 4.69) is 5.32 Å². The van der Waals surface area contributed by atoms with Crippen molar-refractivity contribution in [2.24, 2.45) is 0 Å². The van der Waals surface area contributed by atoms with Crippen LogP contribution in [0.2, 0.25) is 0 Å². The summed E-state index contributed by atoms with van der Waals surface area (Å²) in [5.41, 5.74) is -1.03. The average molecular weight is 241 g/mol. The van der Waals surface area contributed by atoms with Crippen LogP contribution in [0.15, 0.2) is 27.5 Å². The van der Waals surface area contributed by atoms with Crippen LogP contribution in [0.5, 0.6) is 0 Å². The molecule has 0 bridgehead atoms. The smallest absolute Gasteiger partial charge is 0.248 e. The lowest BCUT2D eigenvalue weighted by atomic mass is 10.1. The Balaban J connectivity index is 2.88. The SMILES string of the molecule is CC/C=C(\OC)[C@H](Nc1cc(=O)c1=O)C(C)F. The van der Waals surface area contributed by atoms with Crippen LogP contribution >= 0.6 is 0 Å². The lowest BCUT2D eigenvalue weighted by Crippen LogP contribution is -2.39. The van der Waals surface area contributed by atoms with Crippen molar-refractivity contribution in [2.75, 3.05) is 12.4 Å². The highest BCUT2D eigenvalue weighted by Gasteiger charge is 2.24. The van der Waals surface area contributed by atoms with E-state index in [0.717, 1.165) is 6.07 Å². The lowest BCUT2D eigenvalue weighted by Gasteiger charge is -2.23. The van der Waals surface area contributed by atoms with Crippen molar-refractivity contribution < 1.29 is 9.13 Å². The van der Waals surface area contributed by atoms with Gasteiger partial charge < -0.3 is 10.1 Å². The normalized spacial score (nSPS) is 15.6. The minimum absolute atomic E-state index is 0.142. The number of alkyl halides is 1. The molecule has 0 heterocycles. The standard InChI is InChI=1S/C12H16FNO3/c1-4-5-10(17-3)11(7(2)13)14-8-6-9(15)12(8)16/h5-7,11,14H,4H2,1-3H3/b10-5-/t7?,11-/m1/s1. The van der Waals surface area contributed by atoms with Crippen LogP contribution in [-0.2, 0) is 4.74 Å². The maximum absolute atomic E-state index is 13.5. The van der Waals surface area contributed by atoms with Gasteiger partial charge in [0.2, 0.25) is 10.9 Å². The molecule has 0 spiro atoms. The molecule has 1 rings (SSSR count). The second-order valence-corrected chi connectivity index (χ2v) is 3.77. The second-order valence-electron chi connectivity index (χ2n) is 3.77. The fraction of sp³-hybridized carbons (Fsp3) is 0.500. The van der Waals surface area contributed by atoms with E-state index >= 15 is 0 Å². The number of methoxy groups -OCH3 is 1. The molecule has 2 atom stereocenters. The highest BCUT2D eigenvalue weighted by Crippen LogP contribution is 2.16. The molecule has 0 radical (unpaired) electrons. The number of anilines is 1. The Labute approximate surface area is 98.8 Å². The molecule has 0 saturated heterocycles. The highest BCUT2D eigenvalue weighted by molar-refractivity contribution is 5.49. The van der Waals surface area contributed by atoms with Crippen LogP contribution in [0.4, 0.5) is 10.1 Å². The van der Waals surface area contributed by atoms with Gasteiger partial charge in [-0.2, -0.15) is 0 Å². The molecule has 0 aliphatic rings. The summed E-state index contributed by atoms with van der Waals surface area (Å²) in [6, 6.07) is 0.417. The molecule has 1 aromatic rings. The molecule has 5 heteroatoms. The molecule has 94 valence electrons. The molecule has 0 aliphatic heterocycles. The third kappa shape index (κ3) is 2.93. The third-order valence-electron chi connectivity index (χ3n) is 2.46. The first-order valence-corrected chi connectivity index (χ1v) is 5.46. The lowest BCUT2D eigenvalue weighted by molar-refractivity contribution is 0.224. The van der Waals surface area contributed by atoms with Gasteiger partial charge in [0.15, 0.2) is 0 Å². The summed E-state index contributed by atoms with van der Waals surface area (Å²) in [7, 11) is 1.45. The average Bonchev–Trinajstić information content (AvgIpc) is 2.31. The largest absolute Gasteiger partial charge is 0.499 e. The van der Waals surface area contributed by atoms with E-state index in [1.54, 1.807) is 6.08 Å². The Morgan fingerprint density at radius 3 is 2.59 bits per heavy atom. The van der Waals surface area contributed by atoms with E-state index in [1.807, 2.05) is 6.92 Å². The van der Waals surface area contributed by atoms with Gasteiger partial charge in [-0.15, -0.1) is 0 Å². The summed E-state index contributed by atoms with van der Waals surface area (Å²) in [6.45, 7) is 3.27. The molecule has 1 aromatic carbocycles. The van der Waals surface area contributed by atoms with Crippen molar-refractivity contribution in [3.63, 3.8) is 0 Å². The first kappa shape index (κ1) is 13.4. The van der Waals surface area contributed by atoms with Crippen molar-refractivity contribution in [3.8, 4) is 0 Å². The van der Waals surface area contributed by atoms with Gasteiger partial charge in [0.25, 0.3) is 0 Å². The molecule has 17 heavy (non-hydrogen) atoms. The van der Waals surface area contributed by atoms with Gasteiger partial charge in [0.05, 0.1) is 12.8 Å². The minimum atomic E-state index is -1.24. The van der Waals surface area contributed by atoms with Crippen molar-refractivity contribution in [1.29, 1.82) is 0 Å². The monoisotopic (exact) mass is 241 g/mol. The van der Waals surface area contributed by atoms with Crippen LogP contribution in [0.3, 0.4) is 0 Å². The number of rotatable bonds is 6. The van der Waals surface area contributed by atoms with Gasteiger partial charge in [-0.3, -0.25) is 9.59 Å². The number of halogens is 1. The van der Waals surface area contributed by atoms with Crippen molar-refractivity contribution in [1.82, 2.24) is 0 Å². The van der Waals surface area contributed by atoms with Gasteiger partial charge in [-0.05, 0) is 19.4 Å². The second kappa shape index (κ2) is 5.61. The molecule has 0 aromatic heterocycles. The topological polar surface area (TPSA) is 55.4 Å². The van der Waals surface area contributed by atoms with Crippen LogP contribution in [-0.4, -0.2) is 19.3 Å². The maximum atomic E-state index is 13.5. The fourth-order valence-electron chi connectivity index (χ4n) is 1.54. The minimum Gasteiger partial charge on any atom is -0.499 e. The molecular weight excluding hydrogens is 225 g/mol. The fourth-order valence-corrected chi connectivity index (χ4v) is 1.54. The molecule has 0 fully saturated rings. The van der Waals surface area contributed by atoms with Crippen LogP contribution in [0.1, 0.15) is 20.3 Å². The molecule has 0 amide bonds. The molecule has 4 nitrogen and oxygen atoms in total. The Morgan fingerprint density at radius 2 is 2.24 bits per heavy atom. The number of hydrogen-bond donors (Lipinski definition) is 1. The molecule has 1 N–H and O–H groups in total. The van der Waals surface area contributed by atoms with E-state index < -0.39 is 23.1 Å². The summed E-state index contributed by atoms with van der Waals surface area (Å²) >= 11 is 0. The zero-order chi connectivity index (χ0) is 13.0. The van der Waals surface area contributed by atoms with Crippen LogP contribution in [0.25, 0.3) is 0 Å². The van der Waals surface area contributed by atoms with Gasteiger partial charge in [0.1, 0.15) is 18.0 Å². The molecule has 0 aliphatic carbocycles.